The predicted molar refractivity (Wildman–Crippen MR) is 105 cm³/mol. The van der Waals surface area contributed by atoms with Crippen LogP contribution in [0.2, 0.25) is 0 Å². The van der Waals surface area contributed by atoms with Crippen LogP contribution in [0.5, 0.6) is 0 Å². The number of carboxylic acid groups (broad SMARTS) is 1. The van der Waals surface area contributed by atoms with Gasteiger partial charge in [0.05, 0.1) is 5.56 Å². The molecule has 0 saturated heterocycles. The molecule has 0 bridgehead atoms. The largest absolute Gasteiger partial charge is 0.478 e. The molecule has 0 amide bonds. The van der Waals surface area contributed by atoms with Gasteiger partial charge in [-0.3, -0.25) is 0 Å². The van der Waals surface area contributed by atoms with Crippen LogP contribution in [0.15, 0.2) is 83.5 Å². The summed E-state index contributed by atoms with van der Waals surface area (Å²) in [4.78, 5) is 15.5. The van der Waals surface area contributed by atoms with Gasteiger partial charge in [-0.25, -0.2) is 9.78 Å². The zero-order valence-corrected chi connectivity index (χ0v) is 14.7. The van der Waals surface area contributed by atoms with Crippen molar-refractivity contribution in [1.82, 2.24) is 4.98 Å². The lowest BCUT2D eigenvalue weighted by Gasteiger charge is -2.03. The summed E-state index contributed by atoms with van der Waals surface area (Å²) < 4.78 is 5.65. The number of aryl methyl sites for hydroxylation is 1. The molecule has 3 aromatic carbocycles. The van der Waals surface area contributed by atoms with Crippen molar-refractivity contribution in [2.24, 2.45) is 0 Å². The monoisotopic (exact) mass is 355 g/mol. The van der Waals surface area contributed by atoms with Crippen LogP contribution >= 0.6 is 0 Å². The van der Waals surface area contributed by atoms with Gasteiger partial charge in [-0.05, 0) is 42.3 Å². The van der Waals surface area contributed by atoms with E-state index in [0.29, 0.717) is 5.89 Å². The van der Waals surface area contributed by atoms with Gasteiger partial charge >= 0.3 is 5.97 Å². The van der Waals surface area contributed by atoms with Gasteiger partial charge in [-0.2, -0.15) is 0 Å². The van der Waals surface area contributed by atoms with Crippen LogP contribution in [-0.2, 0) is 0 Å². The molecule has 4 heteroatoms. The summed E-state index contributed by atoms with van der Waals surface area (Å²) in [5, 5.41) is 8.99. The Kier molecular flexibility index (Phi) is 4.30. The molecule has 4 aromatic rings. The Morgan fingerprint density at radius 1 is 0.778 bits per heavy atom. The van der Waals surface area contributed by atoms with E-state index in [4.69, 9.17) is 9.52 Å². The Morgan fingerprint density at radius 3 is 1.89 bits per heavy atom. The first-order chi connectivity index (χ1) is 13.1. The molecule has 0 unspecified atom stereocenters. The van der Waals surface area contributed by atoms with E-state index in [-0.39, 0.29) is 5.56 Å². The molecule has 0 aliphatic heterocycles. The lowest BCUT2D eigenvalue weighted by Crippen LogP contribution is -1.94. The van der Waals surface area contributed by atoms with Crippen LogP contribution < -0.4 is 0 Å². The highest BCUT2D eigenvalue weighted by Gasteiger charge is 2.09. The summed E-state index contributed by atoms with van der Waals surface area (Å²) in [6, 6.07) is 22.8. The normalized spacial score (nSPS) is 10.7. The Balaban J connectivity index is 1.57. The molecular weight excluding hydrogens is 338 g/mol. The number of carbonyl (C=O) groups is 1. The highest BCUT2D eigenvalue weighted by molar-refractivity contribution is 5.88. The standard InChI is InChI=1S/C23H17NO3/c1-15-2-4-18(5-3-15)21-14-27-22(24-21)19-10-6-16(7-11-19)17-8-12-20(13-9-17)23(25)26/h2-14H,1H3,(H,25,26). The topological polar surface area (TPSA) is 63.3 Å². The van der Waals surface area contributed by atoms with E-state index in [1.54, 1.807) is 30.5 Å². The Hall–Kier alpha value is -3.66. The number of aromatic carboxylic acids is 1. The number of oxazole rings is 1. The lowest BCUT2D eigenvalue weighted by molar-refractivity contribution is 0.0697. The van der Waals surface area contributed by atoms with Crippen LogP contribution in [0, 0.1) is 6.92 Å². The SMILES string of the molecule is Cc1ccc(-c2coc(-c3ccc(-c4ccc(C(=O)O)cc4)cc3)n2)cc1. The molecule has 4 rings (SSSR count). The van der Waals surface area contributed by atoms with Gasteiger partial charge in [0.2, 0.25) is 5.89 Å². The smallest absolute Gasteiger partial charge is 0.335 e. The maximum absolute atomic E-state index is 11.0. The molecule has 132 valence electrons. The van der Waals surface area contributed by atoms with E-state index in [9.17, 15) is 4.79 Å². The molecule has 1 heterocycles. The second-order valence-corrected chi connectivity index (χ2v) is 6.36. The van der Waals surface area contributed by atoms with E-state index in [0.717, 1.165) is 27.9 Å². The molecule has 0 saturated carbocycles. The lowest BCUT2D eigenvalue weighted by atomic mass is 10.0. The minimum absolute atomic E-state index is 0.277. The summed E-state index contributed by atoms with van der Waals surface area (Å²) in [7, 11) is 0. The molecule has 4 nitrogen and oxygen atoms in total. The highest BCUT2D eigenvalue weighted by atomic mass is 16.4. The molecule has 0 atom stereocenters. The number of benzene rings is 3. The summed E-state index contributed by atoms with van der Waals surface area (Å²) in [6.45, 7) is 2.05. The predicted octanol–water partition coefficient (Wildman–Crippen LogP) is 5.68. The van der Waals surface area contributed by atoms with Crippen LogP contribution in [0.3, 0.4) is 0 Å². The first-order valence-corrected chi connectivity index (χ1v) is 8.57. The Labute approximate surface area is 156 Å². The van der Waals surface area contributed by atoms with Crippen LogP contribution in [0.25, 0.3) is 33.8 Å². The zero-order valence-electron chi connectivity index (χ0n) is 14.7. The van der Waals surface area contributed by atoms with Crippen molar-refractivity contribution >= 4 is 5.97 Å². The van der Waals surface area contributed by atoms with Crippen LogP contribution in [0.4, 0.5) is 0 Å². The van der Waals surface area contributed by atoms with Gasteiger partial charge in [0.15, 0.2) is 0 Å². The summed E-state index contributed by atoms with van der Waals surface area (Å²) >= 11 is 0. The summed E-state index contributed by atoms with van der Waals surface area (Å²) in [5.41, 5.74) is 6.15. The van der Waals surface area contributed by atoms with Crippen molar-refractivity contribution in [3.05, 3.63) is 90.2 Å². The molecule has 1 aromatic heterocycles. The molecular formula is C23H17NO3. The van der Waals surface area contributed by atoms with Crippen LogP contribution in [-0.4, -0.2) is 16.1 Å². The van der Waals surface area contributed by atoms with Crippen molar-refractivity contribution in [1.29, 1.82) is 0 Å². The molecule has 0 aliphatic carbocycles. The summed E-state index contributed by atoms with van der Waals surface area (Å²) in [6.07, 6.45) is 1.67. The van der Waals surface area contributed by atoms with E-state index < -0.39 is 5.97 Å². The molecule has 0 fully saturated rings. The molecule has 0 spiro atoms. The molecule has 1 N–H and O–H groups in total. The van der Waals surface area contributed by atoms with Gasteiger partial charge in [0, 0.05) is 11.1 Å². The third-order valence-corrected chi connectivity index (χ3v) is 4.45. The average molecular weight is 355 g/mol. The number of nitrogens with zero attached hydrogens (tertiary/aromatic N) is 1. The fourth-order valence-electron chi connectivity index (χ4n) is 2.87. The van der Waals surface area contributed by atoms with Crippen molar-refractivity contribution in [2.45, 2.75) is 6.92 Å². The van der Waals surface area contributed by atoms with Crippen molar-refractivity contribution in [3.8, 4) is 33.8 Å². The van der Waals surface area contributed by atoms with Gasteiger partial charge in [0.25, 0.3) is 0 Å². The molecule has 0 aliphatic rings. The van der Waals surface area contributed by atoms with Gasteiger partial charge in [0.1, 0.15) is 12.0 Å². The molecule has 0 radical (unpaired) electrons. The number of carboxylic acids is 1. The highest BCUT2D eigenvalue weighted by Crippen LogP contribution is 2.27. The van der Waals surface area contributed by atoms with Crippen molar-refractivity contribution < 1.29 is 14.3 Å². The first-order valence-electron chi connectivity index (χ1n) is 8.57. The minimum Gasteiger partial charge on any atom is -0.478 e. The molecule has 27 heavy (non-hydrogen) atoms. The van der Waals surface area contributed by atoms with E-state index >= 15 is 0 Å². The number of hydrogen-bond donors (Lipinski definition) is 1. The third-order valence-electron chi connectivity index (χ3n) is 4.45. The average Bonchev–Trinajstić information content (AvgIpc) is 3.19. The first kappa shape index (κ1) is 16.8. The maximum atomic E-state index is 11.0. The second-order valence-electron chi connectivity index (χ2n) is 6.36. The van der Waals surface area contributed by atoms with E-state index in [1.807, 2.05) is 48.5 Å². The Bertz CT molecular complexity index is 1080. The van der Waals surface area contributed by atoms with Gasteiger partial charge in [-0.1, -0.05) is 54.1 Å². The third kappa shape index (κ3) is 3.51. The van der Waals surface area contributed by atoms with Crippen molar-refractivity contribution in [3.63, 3.8) is 0 Å². The van der Waals surface area contributed by atoms with Crippen molar-refractivity contribution in [2.75, 3.05) is 0 Å². The zero-order chi connectivity index (χ0) is 18.8. The number of rotatable bonds is 4. The van der Waals surface area contributed by atoms with Gasteiger partial charge < -0.3 is 9.52 Å². The maximum Gasteiger partial charge on any atom is 0.335 e. The minimum atomic E-state index is -0.926. The number of aromatic nitrogens is 1. The van der Waals surface area contributed by atoms with E-state index in [1.165, 1.54) is 5.56 Å². The summed E-state index contributed by atoms with van der Waals surface area (Å²) in [5.74, 6) is -0.358. The second kappa shape index (κ2) is 6.92. The fourth-order valence-corrected chi connectivity index (χ4v) is 2.87. The fraction of sp³-hybridized carbons (Fsp3) is 0.0435. The quantitative estimate of drug-likeness (QED) is 0.511. The van der Waals surface area contributed by atoms with Crippen LogP contribution in [0.1, 0.15) is 15.9 Å². The number of hydrogen-bond acceptors (Lipinski definition) is 3. The Morgan fingerprint density at radius 2 is 1.30 bits per heavy atom. The van der Waals surface area contributed by atoms with E-state index in [2.05, 4.69) is 11.9 Å². The van der Waals surface area contributed by atoms with Gasteiger partial charge in [-0.15, -0.1) is 0 Å².